The van der Waals surface area contributed by atoms with Crippen LogP contribution in [0.5, 0.6) is 0 Å². The van der Waals surface area contributed by atoms with Gasteiger partial charge >= 0.3 is 6.18 Å². The second-order valence-electron chi connectivity index (χ2n) is 10.0. The zero-order valence-electron chi connectivity index (χ0n) is 21.6. The smallest absolute Gasteiger partial charge is 0.420 e. The monoisotopic (exact) mass is 565 g/mol. The lowest BCUT2D eigenvalue weighted by molar-refractivity contribution is -0.136. The third-order valence-electron chi connectivity index (χ3n) is 7.21. The minimum Gasteiger partial charge on any atom is -0.435 e. The molecule has 8 nitrogen and oxygen atoms in total. The predicted molar refractivity (Wildman–Crippen MR) is 141 cm³/mol. The van der Waals surface area contributed by atoms with Gasteiger partial charge in [0.15, 0.2) is 11.4 Å². The number of carbonyl (C=O) groups excluding carboxylic acids is 1. The second kappa shape index (κ2) is 10.1. The fourth-order valence-corrected chi connectivity index (χ4v) is 5.16. The van der Waals surface area contributed by atoms with Crippen LogP contribution >= 0.6 is 0 Å². The SMILES string of the molecule is Cn1cnnc1-c1cc(F)ccc1-c1cccc(-c2nc3cc(C(=O)N[C@@H]4CCC[C@@H]4O)cc(C(F)(F)F)c3o2)c1. The van der Waals surface area contributed by atoms with Crippen LogP contribution < -0.4 is 5.32 Å². The van der Waals surface area contributed by atoms with Gasteiger partial charge in [-0.05, 0) is 66.8 Å². The lowest BCUT2D eigenvalue weighted by Crippen LogP contribution is -2.39. The van der Waals surface area contributed by atoms with E-state index in [4.69, 9.17) is 4.42 Å². The highest BCUT2D eigenvalue weighted by atomic mass is 19.4. The average molecular weight is 566 g/mol. The van der Waals surface area contributed by atoms with E-state index in [-0.39, 0.29) is 17.0 Å². The molecule has 12 heteroatoms. The Morgan fingerprint density at radius 2 is 1.88 bits per heavy atom. The molecule has 1 aliphatic rings. The van der Waals surface area contributed by atoms with E-state index in [0.29, 0.717) is 47.3 Å². The highest BCUT2D eigenvalue weighted by Gasteiger charge is 2.37. The van der Waals surface area contributed by atoms with Crippen LogP contribution in [0.1, 0.15) is 35.2 Å². The zero-order chi connectivity index (χ0) is 28.9. The molecule has 2 atom stereocenters. The number of hydrogen-bond donors (Lipinski definition) is 2. The van der Waals surface area contributed by atoms with Gasteiger partial charge in [0.1, 0.15) is 23.2 Å². The first-order valence-corrected chi connectivity index (χ1v) is 12.8. The Labute approximate surface area is 230 Å². The average Bonchev–Trinajstić information content (AvgIpc) is 3.67. The summed E-state index contributed by atoms with van der Waals surface area (Å²) < 4.78 is 63.7. The third kappa shape index (κ3) is 5.06. The number of rotatable bonds is 5. The van der Waals surface area contributed by atoms with Crippen LogP contribution in [0.2, 0.25) is 0 Å². The molecule has 2 N–H and O–H groups in total. The summed E-state index contributed by atoms with van der Waals surface area (Å²) in [7, 11) is 1.72. The maximum atomic E-state index is 14.2. The van der Waals surface area contributed by atoms with Gasteiger partial charge in [-0.2, -0.15) is 13.2 Å². The van der Waals surface area contributed by atoms with Gasteiger partial charge in [0.2, 0.25) is 5.89 Å². The lowest BCUT2D eigenvalue weighted by atomic mass is 9.97. The summed E-state index contributed by atoms with van der Waals surface area (Å²) in [5, 5.41) is 20.6. The molecule has 0 saturated heterocycles. The maximum Gasteiger partial charge on any atom is 0.420 e. The van der Waals surface area contributed by atoms with Gasteiger partial charge in [-0.15, -0.1) is 10.2 Å². The number of aromatic nitrogens is 4. The molecule has 1 saturated carbocycles. The summed E-state index contributed by atoms with van der Waals surface area (Å²) in [5.74, 6) is -0.859. The van der Waals surface area contributed by atoms with Crippen molar-refractivity contribution in [3.05, 3.63) is 77.9 Å². The number of nitrogens with one attached hydrogen (secondary N) is 1. The summed E-state index contributed by atoms with van der Waals surface area (Å²) in [6.07, 6.45) is -2.31. The molecule has 6 rings (SSSR count). The molecule has 5 aromatic rings. The second-order valence-corrected chi connectivity index (χ2v) is 10.0. The van der Waals surface area contributed by atoms with Crippen molar-refractivity contribution in [2.45, 2.75) is 37.6 Å². The number of alkyl halides is 3. The molecule has 0 spiro atoms. The molecule has 2 heterocycles. The van der Waals surface area contributed by atoms with Gasteiger partial charge in [-0.25, -0.2) is 9.37 Å². The predicted octanol–water partition coefficient (Wildman–Crippen LogP) is 5.76. The van der Waals surface area contributed by atoms with Crippen LogP contribution in [-0.2, 0) is 13.2 Å². The van der Waals surface area contributed by atoms with Crippen molar-refractivity contribution in [1.82, 2.24) is 25.1 Å². The molecule has 210 valence electrons. The van der Waals surface area contributed by atoms with E-state index in [1.165, 1.54) is 24.5 Å². The molecule has 3 aromatic carbocycles. The fourth-order valence-electron chi connectivity index (χ4n) is 5.16. The Morgan fingerprint density at radius 1 is 1.07 bits per heavy atom. The Morgan fingerprint density at radius 3 is 2.59 bits per heavy atom. The van der Waals surface area contributed by atoms with E-state index in [2.05, 4.69) is 20.5 Å². The first-order chi connectivity index (χ1) is 19.6. The molecule has 0 unspecified atom stereocenters. The standard InChI is InChI=1S/C29H23F4N5O3/c1-38-14-34-37-26(38)20-13-18(30)8-9-19(20)15-4-2-5-16(10-15)28-36-23-12-17(11-21(25(23)41-28)29(31,32)33)27(40)35-22-6-3-7-24(22)39/h2,4-5,8-14,22,24,39H,3,6-7H2,1H3,(H,35,40)/t22-,24+/m1/s1. The van der Waals surface area contributed by atoms with E-state index in [9.17, 15) is 27.5 Å². The molecule has 41 heavy (non-hydrogen) atoms. The molecular formula is C29H23F4N5O3. The summed E-state index contributed by atoms with van der Waals surface area (Å²) in [4.78, 5) is 17.1. The van der Waals surface area contributed by atoms with E-state index in [1.807, 2.05) is 0 Å². The quantitative estimate of drug-likeness (QED) is 0.263. The molecular weight excluding hydrogens is 542 g/mol. The number of aryl methyl sites for hydroxylation is 1. The number of oxazole rings is 1. The topological polar surface area (TPSA) is 106 Å². The number of halogens is 4. The van der Waals surface area contributed by atoms with Crippen molar-refractivity contribution < 1.29 is 31.9 Å². The number of benzene rings is 3. The fraction of sp³-hybridized carbons (Fsp3) is 0.241. The van der Waals surface area contributed by atoms with Crippen LogP contribution in [0.4, 0.5) is 17.6 Å². The Balaban J connectivity index is 1.41. The summed E-state index contributed by atoms with van der Waals surface area (Å²) >= 11 is 0. The van der Waals surface area contributed by atoms with E-state index in [0.717, 1.165) is 6.07 Å². The van der Waals surface area contributed by atoms with Crippen LogP contribution in [0, 0.1) is 5.82 Å². The van der Waals surface area contributed by atoms with Gasteiger partial charge in [-0.1, -0.05) is 18.2 Å². The number of aliphatic hydroxyl groups excluding tert-OH is 1. The molecule has 2 aromatic heterocycles. The molecule has 1 amide bonds. The molecule has 1 aliphatic carbocycles. The van der Waals surface area contributed by atoms with Crippen molar-refractivity contribution in [1.29, 1.82) is 0 Å². The normalized spacial score (nSPS) is 17.3. The van der Waals surface area contributed by atoms with E-state index in [1.54, 1.807) is 41.9 Å². The Hall–Kier alpha value is -4.58. The van der Waals surface area contributed by atoms with E-state index >= 15 is 0 Å². The van der Waals surface area contributed by atoms with Gasteiger partial charge < -0.3 is 19.4 Å². The van der Waals surface area contributed by atoms with Crippen LogP contribution in [-0.4, -0.2) is 42.9 Å². The number of amides is 1. The Kier molecular flexibility index (Phi) is 6.57. The largest absolute Gasteiger partial charge is 0.435 e. The highest BCUT2D eigenvalue weighted by molar-refractivity contribution is 5.98. The summed E-state index contributed by atoms with van der Waals surface area (Å²) in [6.45, 7) is 0. The van der Waals surface area contributed by atoms with Gasteiger partial charge in [0.25, 0.3) is 5.91 Å². The number of fused-ring (bicyclic) bond motifs is 1. The first kappa shape index (κ1) is 26.6. The van der Waals surface area contributed by atoms with Crippen molar-refractivity contribution in [3.8, 4) is 34.0 Å². The number of aliphatic hydroxyl groups is 1. The zero-order valence-corrected chi connectivity index (χ0v) is 21.6. The van der Waals surface area contributed by atoms with Crippen molar-refractivity contribution in [3.63, 3.8) is 0 Å². The minimum atomic E-state index is -4.82. The number of hydrogen-bond acceptors (Lipinski definition) is 6. The van der Waals surface area contributed by atoms with Gasteiger partial charge in [-0.3, -0.25) is 4.79 Å². The number of nitrogens with zero attached hydrogens (tertiary/aromatic N) is 4. The summed E-state index contributed by atoms with van der Waals surface area (Å²) in [6, 6.07) is 12.4. The van der Waals surface area contributed by atoms with Crippen molar-refractivity contribution >= 4 is 17.0 Å². The van der Waals surface area contributed by atoms with Crippen LogP contribution in [0.3, 0.4) is 0 Å². The third-order valence-corrected chi connectivity index (χ3v) is 7.21. The molecule has 0 bridgehead atoms. The summed E-state index contributed by atoms with van der Waals surface area (Å²) in [5.41, 5.74) is 0.0684. The molecule has 0 radical (unpaired) electrons. The van der Waals surface area contributed by atoms with Crippen molar-refractivity contribution in [2.75, 3.05) is 0 Å². The van der Waals surface area contributed by atoms with Crippen LogP contribution in [0.15, 0.2) is 65.3 Å². The van der Waals surface area contributed by atoms with Gasteiger partial charge in [0, 0.05) is 23.7 Å². The Bertz CT molecular complexity index is 1780. The molecule has 0 aliphatic heterocycles. The maximum absolute atomic E-state index is 14.2. The minimum absolute atomic E-state index is 0.0848. The van der Waals surface area contributed by atoms with Crippen molar-refractivity contribution in [2.24, 2.45) is 7.05 Å². The lowest BCUT2D eigenvalue weighted by Gasteiger charge is -2.17. The molecule has 1 fully saturated rings. The first-order valence-electron chi connectivity index (χ1n) is 12.8. The number of carbonyl (C=O) groups is 1. The van der Waals surface area contributed by atoms with Crippen LogP contribution in [0.25, 0.3) is 45.1 Å². The van der Waals surface area contributed by atoms with Gasteiger partial charge in [0.05, 0.1) is 12.1 Å². The van der Waals surface area contributed by atoms with E-state index < -0.39 is 41.2 Å². The highest BCUT2D eigenvalue weighted by Crippen LogP contribution is 2.39.